The number of nitrogens with zero attached hydrogens (tertiary/aromatic N) is 1. The van der Waals surface area contributed by atoms with Gasteiger partial charge in [-0.15, -0.1) is 0 Å². The monoisotopic (exact) mass is 276 g/mol. The van der Waals surface area contributed by atoms with Gasteiger partial charge in [0.25, 0.3) is 0 Å². The van der Waals surface area contributed by atoms with Gasteiger partial charge in [0.15, 0.2) is 0 Å². The molecule has 5 nitrogen and oxygen atoms in total. The molecule has 108 valence electrons. The number of rotatable bonds is 4. The summed E-state index contributed by atoms with van der Waals surface area (Å²) in [4.78, 5) is 25.1. The second-order valence-electron chi connectivity index (χ2n) is 4.85. The predicted octanol–water partition coefficient (Wildman–Crippen LogP) is 0.976. The van der Waals surface area contributed by atoms with E-state index in [9.17, 15) is 9.59 Å². The summed E-state index contributed by atoms with van der Waals surface area (Å²) in [5.41, 5.74) is 1.10. The van der Waals surface area contributed by atoms with Crippen LogP contribution >= 0.6 is 0 Å². The van der Waals surface area contributed by atoms with Crippen molar-refractivity contribution in [1.29, 1.82) is 0 Å². The molecule has 0 radical (unpaired) electrons. The van der Waals surface area contributed by atoms with E-state index < -0.39 is 11.8 Å². The third kappa shape index (κ3) is 3.73. The minimum absolute atomic E-state index is 0.405. The number of carbonyl (C=O) groups is 2. The van der Waals surface area contributed by atoms with Crippen LogP contribution in [0.5, 0.6) is 5.75 Å². The summed E-state index contributed by atoms with van der Waals surface area (Å²) < 4.78 is 5.08. The van der Waals surface area contributed by atoms with Crippen molar-refractivity contribution in [3.05, 3.63) is 29.8 Å². The van der Waals surface area contributed by atoms with Gasteiger partial charge in [-0.1, -0.05) is 12.1 Å². The van der Waals surface area contributed by atoms with Crippen molar-refractivity contribution in [1.82, 2.24) is 10.2 Å². The highest BCUT2D eigenvalue weighted by Crippen LogP contribution is 2.11. The third-order valence-electron chi connectivity index (χ3n) is 3.45. The molecule has 0 atom stereocenters. The molecule has 2 amide bonds. The lowest BCUT2D eigenvalue weighted by Gasteiger charge is -2.14. The van der Waals surface area contributed by atoms with Gasteiger partial charge in [-0.2, -0.15) is 0 Å². The van der Waals surface area contributed by atoms with Gasteiger partial charge in [-0.3, -0.25) is 9.59 Å². The van der Waals surface area contributed by atoms with Gasteiger partial charge in [0.2, 0.25) is 0 Å². The average molecular weight is 276 g/mol. The van der Waals surface area contributed by atoms with E-state index in [1.807, 2.05) is 24.3 Å². The van der Waals surface area contributed by atoms with Crippen molar-refractivity contribution in [2.45, 2.75) is 19.3 Å². The zero-order chi connectivity index (χ0) is 14.4. The maximum Gasteiger partial charge on any atom is 0.311 e. The molecule has 1 N–H and O–H groups in total. The summed E-state index contributed by atoms with van der Waals surface area (Å²) in [7, 11) is 1.62. The van der Waals surface area contributed by atoms with Gasteiger partial charge < -0.3 is 15.0 Å². The number of hydrogen-bond donors (Lipinski definition) is 1. The zero-order valence-corrected chi connectivity index (χ0v) is 11.7. The van der Waals surface area contributed by atoms with Crippen LogP contribution in [0.25, 0.3) is 0 Å². The van der Waals surface area contributed by atoms with Crippen LogP contribution < -0.4 is 10.1 Å². The molecule has 1 aliphatic heterocycles. The molecule has 20 heavy (non-hydrogen) atoms. The van der Waals surface area contributed by atoms with Crippen LogP contribution in [0, 0.1) is 0 Å². The Morgan fingerprint density at radius 3 is 2.45 bits per heavy atom. The second kappa shape index (κ2) is 6.93. The fourth-order valence-corrected chi connectivity index (χ4v) is 2.25. The molecule has 0 spiro atoms. The summed E-state index contributed by atoms with van der Waals surface area (Å²) in [5, 5.41) is 2.68. The zero-order valence-electron chi connectivity index (χ0n) is 11.7. The van der Waals surface area contributed by atoms with Gasteiger partial charge in [-0.25, -0.2) is 0 Å². The predicted molar refractivity (Wildman–Crippen MR) is 75.5 cm³/mol. The maximum atomic E-state index is 11.8. The summed E-state index contributed by atoms with van der Waals surface area (Å²) in [6.45, 7) is 1.86. The summed E-state index contributed by atoms with van der Waals surface area (Å²) in [6.07, 6.45) is 2.68. The van der Waals surface area contributed by atoms with Crippen molar-refractivity contribution in [2.24, 2.45) is 0 Å². The summed E-state index contributed by atoms with van der Waals surface area (Å²) in [6, 6.07) is 7.67. The first-order valence-electron chi connectivity index (χ1n) is 6.91. The first kappa shape index (κ1) is 14.4. The van der Waals surface area contributed by atoms with Crippen LogP contribution in [0.4, 0.5) is 0 Å². The first-order valence-corrected chi connectivity index (χ1v) is 6.91. The molecule has 0 bridgehead atoms. The molecule has 2 rings (SSSR count). The van der Waals surface area contributed by atoms with Crippen molar-refractivity contribution >= 4 is 11.8 Å². The largest absolute Gasteiger partial charge is 0.497 e. The topological polar surface area (TPSA) is 58.6 Å². The number of hydrogen-bond acceptors (Lipinski definition) is 3. The van der Waals surface area contributed by atoms with Gasteiger partial charge in [0, 0.05) is 19.6 Å². The number of carbonyl (C=O) groups excluding carboxylic acids is 2. The average Bonchev–Trinajstić information content (AvgIpc) is 3.01. The molecule has 0 aromatic heterocycles. The molecule has 1 heterocycles. The highest BCUT2D eigenvalue weighted by atomic mass is 16.5. The van der Waals surface area contributed by atoms with E-state index in [0.29, 0.717) is 26.1 Å². The van der Waals surface area contributed by atoms with Crippen molar-refractivity contribution in [3.63, 3.8) is 0 Å². The van der Waals surface area contributed by atoms with Gasteiger partial charge in [0.1, 0.15) is 5.75 Å². The fraction of sp³-hybridized carbons (Fsp3) is 0.467. The Morgan fingerprint density at radius 1 is 1.20 bits per heavy atom. The number of benzene rings is 1. The van der Waals surface area contributed by atoms with E-state index in [0.717, 1.165) is 24.2 Å². The SMILES string of the molecule is COc1ccc(CCNC(=O)C(=O)N2CCCC2)cc1. The van der Waals surface area contributed by atoms with Crippen LogP contribution in [0.3, 0.4) is 0 Å². The first-order chi connectivity index (χ1) is 9.70. The van der Waals surface area contributed by atoms with Crippen molar-refractivity contribution < 1.29 is 14.3 Å². The Balaban J connectivity index is 1.74. The van der Waals surface area contributed by atoms with Crippen LogP contribution in [0.1, 0.15) is 18.4 Å². The van der Waals surface area contributed by atoms with Crippen LogP contribution in [-0.2, 0) is 16.0 Å². The minimum Gasteiger partial charge on any atom is -0.497 e. The Morgan fingerprint density at radius 2 is 1.85 bits per heavy atom. The molecule has 1 saturated heterocycles. The normalized spacial score (nSPS) is 14.2. The fourth-order valence-electron chi connectivity index (χ4n) is 2.25. The second-order valence-corrected chi connectivity index (χ2v) is 4.85. The van der Waals surface area contributed by atoms with Crippen LogP contribution in [0.2, 0.25) is 0 Å². The molecule has 1 aliphatic rings. The van der Waals surface area contributed by atoms with E-state index in [-0.39, 0.29) is 0 Å². The van der Waals surface area contributed by atoms with Crippen LogP contribution in [-0.4, -0.2) is 43.5 Å². The number of likely N-dealkylation sites (tertiary alicyclic amines) is 1. The number of ether oxygens (including phenoxy) is 1. The maximum absolute atomic E-state index is 11.8. The van der Waals surface area contributed by atoms with E-state index >= 15 is 0 Å². The van der Waals surface area contributed by atoms with Gasteiger partial charge >= 0.3 is 11.8 Å². The smallest absolute Gasteiger partial charge is 0.311 e. The third-order valence-corrected chi connectivity index (χ3v) is 3.45. The highest BCUT2D eigenvalue weighted by Gasteiger charge is 2.23. The van der Waals surface area contributed by atoms with E-state index in [1.165, 1.54) is 0 Å². The molecule has 0 saturated carbocycles. The lowest BCUT2D eigenvalue weighted by Crippen LogP contribution is -2.42. The molecular formula is C15H20N2O3. The van der Waals surface area contributed by atoms with Crippen molar-refractivity contribution in [2.75, 3.05) is 26.7 Å². The molecule has 0 aliphatic carbocycles. The molecule has 1 fully saturated rings. The summed E-state index contributed by atoms with van der Waals surface area (Å²) >= 11 is 0. The number of methoxy groups -OCH3 is 1. The lowest BCUT2D eigenvalue weighted by molar-refractivity contribution is -0.145. The van der Waals surface area contributed by atoms with E-state index in [4.69, 9.17) is 4.74 Å². The highest BCUT2D eigenvalue weighted by molar-refractivity contribution is 6.35. The molecule has 1 aromatic carbocycles. The Labute approximate surface area is 118 Å². The van der Waals surface area contributed by atoms with E-state index in [2.05, 4.69) is 5.32 Å². The molecule has 1 aromatic rings. The van der Waals surface area contributed by atoms with Crippen molar-refractivity contribution in [3.8, 4) is 5.75 Å². The quantitative estimate of drug-likeness (QED) is 0.834. The standard InChI is InChI=1S/C15H20N2O3/c1-20-13-6-4-12(5-7-13)8-9-16-14(18)15(19)17-10-2-3-11-17/h4-7H,2-3,8-11H2,1H3,(H,16,18). The number of nitrogens with one attached hydrogen (secondary N) is 1. The minimum atomic E-state index is -0.500. The Kier molecular flexibility index (Phi) is 4.98. The van der Waals surface area contributed by atoms with Gasteiger partial charge in [0.05, 0.1) is 7.11 Å². The molecule has 5 heteroatoms. The van der Waals surface area contributed by atoms with Gasteiger partial charge in [-0.05, 0) is 37.0 Å². The lowest BCUT2D eigenvalue weighted by atomic mass is 10.1. The summed E-state index contributed by atoms with van der Waals surface area (Å²) in [5.74, 6) is -0.0976. The Bertz CT molecular complexity index is 465. The van der Waals surface area contributed by atoms with Crippen LogP contribution in [0.15, 0.2) is 24.3 Å². The molecule has 0 unspecified atom stereocenters. The molecular weight excluding hydrogens is 256 g/mol. The van der Waals surface area contributed by atoms with E-state index in [1.54, 1.807) is 12.0 Å². The Hall–Kier alpha value is -2.04. The number of amides is 2.